The number of hydrogen-bond acceptors (Lipinski definition) is 4. The monoisotopic (exact) mass is 405 g/mol. The molecule has 4 nitrogen and oxygen atoms in total. The van der Waals surface area contributed by atoms with Crippen molar-refractivity contribution in [1.29, 1.82) is 0 Å². The predicted octanol–water partition coefficient (Wildman–Crippen LogP) is 5.53. The first-order chi connectivity index (χ1) is 13.6. The van der Waals surface area contributed by atoms with Gasteiger partial charge in [0.25, 0.3) is 0 Å². The van der Waals surface area contributed by atoms with E-state index in [-0.39, 0.29) is 0 Å². The van der Waals surface area contributed by atoms with E-state index >= 15 is 0 Å². The molecule has 5 heteroatoms. The molecule has 0 fully saturated rings. The van der Waals surface area contributed by atoms with Gasteiger partial charge in [-0.2, -0.15) is 0 Å². The summed E-state index contributed by atoms with van der Waals surface area (Å²) >= 11 is 6.46. The van der Waals surface area contributed by atoms with Crippen LogP contribution in [0.5, 0.6) is 11.5 Å². The van der Waals surface area contributed by atoms with Crippen LogP contribution in [-0.4, -0.2) is 26.9 Å². The second-order valence-electron chi connectivity index (χ2n) is 6.87. The average molecular weight is 406 g/mol. The summed E-state index contributed by atoms with van der Waals surface area (Å²) in [5.74, 6) is 1.35. The van der Waals surface area contributed by atoms with Gasteiger partial charge in [0.15, 0.2) is 11.5 Å². The molecule has 0 bridgehead atoms. The molecule has 0 amide bonds. The lowest BCUT2D eigenvalue weighted by atomic mass is 10.1. The third kappa shape index (κ3) is 7.70. The Labute approximate surface area is 174 Å². The second-order valence-corrected chi connectivity index (χ2v) is 7.28. The fourth-order valence-electron chi connectivity index (χ4n) is 2.82. The normalized spacial score (nSPS) is 10.9. The van der Waals surface area contributed by atoms with Crippen LogP contribution in [0.3, 0.4) is 0 Å². The van der Waals surface area contributed by atoms with Crippen molar-refractivity contribution in [2.75, 3.05) is 26.9 Å². The molecule has 28 heavy (non-hydrogen) atoms. The number of halogens is 1. The van der Waals surface area contributed by atoms with Crippen LogP contribution < -0.4 is 14.8 Å². The maximum atomic E-state index is 6.46. The zero-order valence-electron chi connectivity index (χ0n) is 17.2. The molecule has 2 aromatic rings. The van der Waals surface area contributed by atoms with Gasteiger partial charge in [-0.1, -0.05) is 54.8 Å². The van der Waals surface area contributed by atoms with E-state index in [2.05, 4.69) is 31.3 Å². The van der Waals surface area contributed by atoms with Crippen molar-refractivity contribution in [2.45, 2.75) is 46.3 Å². The van der Waals surface area contributed by atoms with Gasteiger partial charge in [-0.05, 0) is 43.5 Å². The molecule has 0 saturated carbocycles. The minimum atomic E-state index is 0.476. The highest BCUT2D eigenvalue weighted by Gasteiger charge is 2.11. The van der Waals surface area contributed by atoms with Crippen molar-refractivity contribution in [3.8, 4) is 11.5 Å². The number of methoxy groups -OCH3 is 1. The minimum absolute atomic E-state index is 0.476. The lowest BCUT2D eigenvalue weighted by Gasteiger charge is -2.14. The van der Waals surface area contributed by atoms with Crippen molar-refractivity contribution in [3.63, 3.8) is 0 Å². The number of ether oxygens (including phenoxy) is 3. The number of hydrogen-bond donors (Lipinski definition) is 1. The molecule has 0 aliphatic rings. The van der Waals surface area contributed by atoms with Crippen LogP contribution in [0.1, 0.15) is 42.9 Å². The topological polar surface area (TPSA) is 39.7 Å². The van der Waals surface area contributed by atoms with Crippen LogP contribution in [0, 0.1) is 6.92 Å². The molecule has 2 rings (SSSR count). The highest BCUT2D eigenvalue weighted by Crippen LogP contribution is 2.34. The Morgan fingerprint density at radius 2 is 1.86 bits per heavy atom. The SMILES string of the molecule is CCCCOCCCNCc1cc(OC)c(OCc2cccc(C)c2)cc1Cl. The molecule has 0 aromatic heterocycles. The molecule has 154 valence electrons. The molecule has 0 radical (unpaired) electrons. The molecule has 1 N–H and O–H groups in total. The Morgan fingerprint density at radius 1 is 1.04 bits per heavy atom. The number of unbranched alkanes of at least 4 members (excludes halogenated alkanes) is 1. The van der Waals surface area contributed by atoms with Crippen molar-refractivity contribution in [1.82, 2.24) is 5.32 Å². The molecule has 0 spiro atoms. The maximum absolute atomic E-state index is 6.46. The summed E-state index contributed by atoms with van der Waals surface area (Å²) in [5, 5.41) is 4.08. The summed E-state index contributed by atoms with van der Waals surface area (Å²) in [6.45, 7) is 7.92. The van der Waals surface area contributed by atoms with Crippen molar-refractivity contribution >= 4 is 11.6 Å². The Bertz CT molecular complexity index is 721. The Hall–Kier alpha value is -1.75. The summed E-state index contributed by atoms with van der Waals surface area (Å²) in [6.07, 6.45) is 3.28. The maximum Gasteiger partial charge on any atom is 0.163 e. The molecule has 2 aromatic carbocycles. The third-order valence-corrected chi connectivity index (χ3v) is 4.76. The molecular formula is C23H32ClNO3. The largest absolute Gasteiger partial charge is 0.493 e. The second kappa shape index (κ2) is 12.7. The van der Waals surface area contributed by atoms with Gasteiger partial charge in [0.2, 0.25) is 0 Å². The van der Waals surface area contributed by atoms with Crippen molar-refractivity contribution < 1.29 is 14.2 Å². The number of rotatable bonds is 13. The van der Waals surface area contributed by atoms with Crippen LogP contribution in [0.25, 0.3) is 0 Å². The number of benzene rings is 2. The van der Waals surface area contributed by atoms with Crippen LogP contribution in [0.4, 0.5) is 0 Å². The van der Waals surface area contributed by atoms with Crippen LogP contribution in [0.15, 0.2) is 36.4 Å². The third-order valence-electron chi connectivity index (χ3n) is 4.41. The quantitative estimate of drug-likeness (QED) is 0.444. The van der Waals surface area contributed by atoms with Crippen molar-refractivity contribution in [2.24, 2.45) is 0 Å². The highest BCUT2D eigenvalue weighted by molar-refractivity contribution is 6.31. The molecule has 0 aliphatic heterocycles. The molecule has 0 unspecified atom stereocenters. The van der Waals surface area contributed by atoms with Gasteiger partial charge in [0, 0.05) is 30.8 Å². The van der Waals surface area contributed by atoms with Gasteiger partial charge in [-0.15, -0.1) is 0 Å². The van der Waals surface area contributed by atoms with Crippen LogP contribution in [-0.2, 0) is 17.9 Å². The van der Waals surface area contributed by atoms with Gasteiger partial charge in [0.05, 0.1) is 7.11 Å². The minimum Gasteiger partial charge on any atom is -0.493 e. The first-order valence-corrected chi connectivity index (χ1v) is 10.3. The summed E-state index contributed by atoms with van der Waals surface area (Å²) < 4.78 is 17.0. The van der Waals surface area contributed by atoms with E-state index in [1.54, 1.807) is 7.11 Å². The molecule has 0 heterocycles. The van der Waals surface area contributed by atoms with Gasteiger partial charge in [-0.25, -0.2) is 0 Å². The Kier molecular flexibility index (Phi) is 10.2. The van der Waals surface area contributed by atoms with E-state index in [4.69, 9.17) is 25.8 Å². The zero-order chi connectivity index (χ0) is 20.2. The summed E-state index contributed by atoms with van der Waals surface area (Å²) in [7, 11) is 1.65. The molecule has 0 aliphatic carbocycles. The van der Waals surface area contributed by atoms with E-state index in [0.29, 0.717) is 29.7 Å². The van der Waals surface area contributed by atoms with E-state index in [1.807, 2.05) is 24.3 Å². The van der Waals surface area contributed by atoms with E-state index in [9.17, 15) is 0 Å². The van der Waals surface area contributed by atoms with Crippen LogP contribution >= 0.6 is 11.6 Å². The van der Waals surface area contributed by atoms with E-state index < -0.39 is 0 Å². The fourth-order valence-corrected chi connectivity index (χ4v) is 3.04. The van der Waals surface area contributed by atoms with Crippen LogP contribution in [0.2, 0.25) is 5.02 Å². The predicted molar refractivity (Wildman–Crippen MR) is 116 cm³/mol. The first kappa shape index (κ1) is 22.5. The van der Waals surface area contributed by atoms with Crippen molar-refractivity contribution in [3.05, 3.63) is 58.1 Å². The van der Waals surface area contributed by atoms with Gasteiger partial charge < -0.3 is 19.5 Å². The summed E-state index contributed by atoms with van der Waals surface area (Å²) in [4.78, 5) is 0. The molecular weight excluding hydrogens is 374 g/mol. The first-order valence-electron chi connectivity index (χ1n) is 9.97. The zero-order valence-corrected chi connectivity index (χ0v) is 18.0. The van der Waals surface area contributed by atoms with Gasteiger partial charge in [0.1, 0.15) is 6.61 Å². The highest BCUT2D eigenvalue weighted by atomic mass is 35.5. The molecule has 0 atom stereocenters. The van der Waals surface area contributed by atoms with E-state index in [0.717, 1.165) is 43.7 Å². The Balaban J connectivity index is 1.84. The number of nitrogens with one attached hydrogen (secondary N) is 1. The average Bonchev–Trinajstić information content (AvgIpc) is 2.69. The van der Waals surface area contributed by atoms with Gasteiger partial charge >= 0.3 is 0 Å². The Morgan fingerprint density at radius 3 is 2.61 bits per heavy atom. The van der Waals surface area contributed by atoms with Gasteiger partial charge in [-0.3, -0.25) is 0 Å². The molecule has 0 saturated heterocycles. The lowest BCUT2D eigenvalue weighted by Crippen LogP contribution is -2.17. The standard InChI is InChI=1S/C23H32ClNO3/c1-4-5-11-27-12-7-10-25-16-20-14-22(26-3)23(15-21(20)24)28-17-19-9-6-8-18(2)13-19/h6,8-9,13-15,25H,4-5,7,10-12,16-17H2,1-3H3. The fraction of sp³-hybridized carbons (Fsp3) is 0.478. The smallest absolute Gasteiger partial charge is 0.163 e. The lowest BCUT2D eigenvalue weighted by molar-refractivity contribution is 0.129. The summed E-state index contributed by atoms with van der Waals surface area (Å²) in [6, 6.07) is 12.0. The van der Waals surface area contributed by atoms with E-state index in [1.165, 1.54) is 12.0 Å². The number of aryl methyl sites for hydroxylation is 1. The summed E-state index contributed by atoms with van der Waals surface area (Å²) in [5.41, 5.74) is 3.32.